The van der Waals surface area contributed by atoms with E-state index >= 15 is 0 Å². The maximum atomic E-state index is 12.3. The van der Waals surface area contributed by atoms with Crippen LogP contribution in [-0.4, -0.2) is 18.0 Å². The fourth-order valence-electron chi connectivity index (χ4n) is 3.83. The minimum Gasteiger partial charge on any atom is -0.550 e. The fraction of sp³-hybridized carbons (Fsp3) is 0.909. The molecule has 0 bridgehead atoms. The lowest BCUT2D eigenvalue weighted by Crippen LogP contribution is -2.32. The molecule has 1 unspecified atom stereocenters. The molecule has 26 heavy (non-hydrogen) atoms. The monoisotopic (exact) mass is 367 g/mol. The predicted molar refractivity (Wildman–Crippen MR) is 103 cm³/mol. The van der Waals surface area contributed by atoms with Crippen LogP contribution in [0.25, 0.3) is 0 Å². The van der Waals surface area contributed by atoms with Gasteiger partial charge >= 0.3 is 5.97 Å². The number of hydrogen-bond acceptors (Lipinski definition) is 4. The molecule has 0 aliphatic heterocycles. The number of rotatable bonds is 15. The number of carbonyl (C=O) groups is 2. The standard InChI is InChI=1S/C22H40O4/c1-2-3-4-5-6-7-8-9-10-12-15-19(18-21(23)24)22(25)26-20-16-13-11-14-17-20/h19-20H,2-18H2,1H3,(H,23,24)/p-1. The van der Waals surface area contributed by atoms with Crippen molar-refractivity contribution in [2.75, 3.05) is 0 Å². The quantitative estimate of drug-likeness (QED) is 0.304. The minimum atomic E-state index is -1.15. The summed E-state index contributed by atoms with van der Waals surface area (Å²) in [6.07, 6.45) is 17.9. The van der Waals surface area contributed by atoms with Crippen LogP contribution in [0.4, 0.5) is 0 Å². The number of carboxylic acids is 1. The van der Waals surface area contributed by atoms with Crippen molar-refractivity contribution in [3.63, 3.8) is 0 Å². The van der Waals surface area contributed by atoms with Crippen LogP contribution in [0.3, 0.4) is 0 Å². The highest BCUT2D eigenvalue weighted by atomic mass is 16.5. The van der Waals surface area contributed by atoms with Crippen LogP contribution in [-0.2, 0) is 14.3 Å². The summed E-state index contributed by atoms with van der Waals surface area (Å²) in [5.74, 6) is -2.00. The molecule has 0 saturated heterocycles. The zero-order valence-electron chi connectivity index (χ0n) is 16.8. The van der Waals surface area contributed by atoms with Gasteiger partial charge in [0.2, 0.25) is 0 Å². The highest BCUT2D eigenvalue weighted by Gasteiger charge is 2.24. The molecule has 0 aromatic rings. The molecule has 1 fully saturated rings. The molecule has 1 aliphatic carbocycles. The Kier molecular flexibility index (Phi) is 13.3. The first-order chi connectivity index (χ1) is 12.6. The third-order valence-electron chi connectivity index (χ3n) is 5.49. The van der Waals surface area contributed by atoms with Crippen molar-refractivity contribution in [1.82, 2.24) is 0 Å². The van der Waals surface area contributed by atoms with Crippen LogP contribution >= 0.6 is 0 Å². The smallest absolute Gasteiger partial charge is 0.309 e. The van der Waals surface area contributed by atoms with Crippen molar-refractivity contribution in [1.29, 1.82) is 0 Å². The third-order valence-corrected chi connectivity index (χ3v) is 5.49. The lowest BCUT2D eigenvalue weighted by Gasteiger charge is -2.25. The van der Waals surface area contributed by atoms with E-state index in [-0.39, 0.29) is 18.5 Å². The lowest BCUT2D eigenvalue weighted by atomic mass is 9.95. The Morgan fingerprint density at radius 3 is 1.96 bits per heavy atom. The van der Waals surface area contributed by atoms with Gasteiger partial charge in [0.05, 0.1) is 5.92 Å². The first-order valence-electron chi connectivity index (χ1n) is 11.0. The number of hydrogen-bond donors (Lipinski definition) is 0. The normalized spacial score (nSPS) is 16.3. The van der Waals surface area contributed by atoms with Gasteiger partial charge in [-0.2, -0.15) is 0 Å². The van der Waals surface area contributed by atoms with Crippen molar-refractivity contribution in [3.8, 4) is 0 Å². The number of carbonyl (C=O) groups excluding carboxylic acids is 2. The second-order valence-corrected chi connectivity index (χ2v) is 7.94. The van der Waals surface area contributed by atoms with Crippen LogP contribution in [0.1, 0.15) is 116 Å². The molecular weight excluding hydrogens is 328 g/mol. The Labute approximate surface area is 160 Å². The molecule has 0 aromatic heterocycles. The second kappa shape index (κ2) is 15.0. The summed E-state index contributed by atoms with van der Waals surface area (Å²) in [6.45, 7) is 2.23. The maximum absolute atomic E-state index is 12.3. The van der Waals surface area contributed by atoms with Gasteiger partial charge in [-0.25, -0.2) is 0 Å². The van der Waals surface area contributed by atoms with Crippen LogP contribution < -0.4 is 5.11 Å². The molecule has 0 spiro atoms. The third kappa shape index (κ3) is 11.5. The molecule has 0 radical (unpaired) electrons. The first-order valence-corrected chi connectivity index (χ1v) is 11.0. The van der Waals surface area contributed by atoms with E-state index in [9.17, 15) is 14.7 Å². The SMILES string of the molecule is CCCCCCCCCCCCC(CC(=O)[O-])C(=O)OC1CCCCC1. The lowest BCUT2D eigenvalue weighted by molar-refractivity contribution is -0.306. The number of aliphatic carboxylic acids is 1. The van der Waals surface area contributed by atoms with Crippen molar-refractivity contribution in [3.05, 3.63) is 0 Å². The summed E-state index contributed by atoms with van der Waals surface area (Å²) in [5.41, 5.74) is 0. The summed E-state index contributed by atoms with van der Waals surface area (Å²) in [7, 11) is 0. The summed E-state index contributed by atoms with van der Waals surface area (Å²) in [5, 5.41) is 11.0. The average Bonchev–Trinajstić information content (AvgIpc) is 2.62. The molecule has 0 heterocycles. The number of unbranched alkanes of at least 4 members (excludes halogenated alkanes) is 9. The van der Waals surface area contributed by atoms with E-state index in [1.54, 1.807) is 0 Å². The molecule has 1 atom stereocenters. The maximum Gasteiger partial charge on any atom is 0.309 e. The Hall–Kier alpha value is -1.06. The molecule has 0 amide bonds. The molecule has 4 heteroatoms. The summed E-state index contributed by atoms with van der Waals surface area (Å²) < 4.78 is 5.57. The van der Waals surface area contributed by atoms with Gasteiger partial charge in [-0.3, -0.25) is 4.79 Å². The van der Waals surface area contributed by atoms with E-state index in [1.807, 2.05) is 0 Å². The van der Waals surface area contributed by atoms with E-state index in [1.165, 1.54) is 57.8 Å². The Morgan fingerprint density at radius 1 is 0.885 bits per heavy atom. The average molecular weight is 368 g/mol. The molecule has 0 aromatic carbocycles. The Morgan fingerprint density at radius 2 is 1.42 bits per heavy atom. The predicted octanol–water partition coefficient (Wildman–Crippen LogP) is 4.93. The molecule has 1 rings (SSSR count). The molecule has 0 N–H and O–H groups in total. The van der Waals surface area contributed by atoms with Crippen LogP contribution in [0.5, 0.6) is 0 Å². The molecule has 1 aliphatic rings. The van der Waals surface area contributed by atoms with E-state index in [4.69, 9.17) is 4.74 Å². The highest BCUT2D eigenvalue weighted by Crippen LogP contribution is 2.24. The van der Waals surface area contributed by atoms with Crippen LogP contribution in [0.15, 0.2) is 0 Å². The highest BCUT2D eigenvalue weighted by molar-refractivity contribution is 5.78. The molecule has 1 saturated carbocycles. The summed E-state index contributed by atoms with van der Waals surface area (Å²) in [4.78, 5) is 23.3. The van der Waals surface area contributed by atoms with Crippen molar-refractivity contribution < 1.29 is 19.4 Å². The molecular formula is C22H39O4-. The van der Waals surface area contributed by atoms with E-state index in [0.29, 0.717) is 6.42 Å². The van der Waals surface area contributed by atoms with Gasteiger partial charge in [0.1, 0.15) is 6.10 Å². The Bertz CT molecular complexity index is 374. The zero-order chi connectivity index (χ0) is 19.0. The number of esters is 1. The largest absolute Gasteiger partial charge is 0.550 e. The van der Waals surface area contributed by atoms with E-state index < -0.39 is 11.9 Å². The van der Waals surface area contributed by atoms with Crippen LogP contribution in [0, 0.1) is 5.92 Å². The van der Waals surface area contributed by atoms with Crippen molar-refractivity contribution >= 4 is 11.9 Å². The van der Waals surface area contributed by atoms with Crippen LogP contribution in [0.2, 0.25) is 0 Å². The number of ether oxygens (including phenoxy) is 1. The van der Waals surface area contributed by atoms with E-state index in [0.717, 1.165) is 38.5 Å². The zero-order valence-corrected chi connectivity index (χ0v) is 16.8. The second-order valence-electron chi connectivity index (χ2n) is 7.94. The van der Waals surface area contributed by atoms with Crippen molar-refractivity contribution in [2.24, 2.45) is 5.92 Å². The Balaban J connectivity index is 2.15. The topological polar surface area (TPSA) is 66.4 Å². The van der Waals surface area contributed by atoms with Gasteiger partial charge in [0.25, 0.3) is 0 Å². The fourth-order valence-corrected chi connectivity index (χ4v) is 3.83. The van der Waals surface area contributed by atoms with Gasteiger partial charge in [-0.1, -0.05) is 77.6 Å². The van der Waals surface area contributed by atoms with Gasteiger partial charge in [-0.05, 0) is 32.1 Å². The van der Waals surface area contributed by atoms with E-state index in [2.05, 4.69) is 6.92 Å². The first kappa shape index (κ1) is 23.0. The number of carboxylic acid groups (broad SMARTS) is 1. The van der Waals surface area contributed by atoms with Crippen molar-refractivity contribution in [2.45, 2.75) is 122 Å². The molecule has 152 valence electrons. The summed E-state index contributed by atoms with van der Waals surface area (Å²) >= 11 is 0. The van der Waals surface area contributed by atoms with Gasteiger partial charge in [0.15, 0.2) is 0 Å². The molecule has 4 nitrogen and oxygen atoms in total. The minimum absolute atomic E-state index is 0.00628. The summed E-state index contributed by atoms with van der Waals surface area (Å²) in [6, 6.07) is 0. The van der Waals surface area contributed by atoms with Gasteiger partial charge in [-0.15, -0.1) is 0 Å². The van der Waals surface area contributed by atoms with Gasteiger partial charge in [0, 0.05) is 12.4 Å². The van der Waals surface area contributed by atoms with Gasteiger partial charge < -0.3 is 14.6 Å².